The first kappa shape index (κ1) is 21.6. The standard InChI is InChI=1S/C25H24N6O3/c1-4-20-19-12-23(33-3)22(32-2)11-18(19)16(13-26-20)10-17-9-8-15-6-5-7-21(25(15)27-17)34-14-24-28-30-31-29-24/h5-9,11-13H,4,10,14H2,1-3H3,(H,28,29,30,31). The zero-order valence-electron chi connectivity index (χ0n) is 19.2. The number of benzene rings is 2. The number of aromatic amines is 1. The van der Waals surface area contributed by atoms with Crippen molar-refractivity contribution in [2.24, 2.45) is 0 Å². The first-order valence-corrected chi connectivity index (χ1v) is 11.0. The van der Waals surface area contributed by atoms with E-state index in [1.807, 2.05) is 42.6 Å². The molecular formula is C25H24N6O3. The summed E-state index contributed by atoms with van der Waals surface area (Å²) >= 11 is 0. The van der Waals surface area contributed by atoms with E-state index in [9.17, 15) is 0 Å². The van der Waals surface area contributed by atoms with Crippen molar-refractivity contribution < 1.29 is 14.2 Å². The molecule has 0 unspecified atom stereocenters. The minimum Gasteiger partial charge on any atom is -0.493 e. The molecule has 0 fully saturated rings. The lowest BCUT2D eigenvalue weighted by molar-refractivity contribution is 0.299. The van der Waals surface area contributed by atoms with Crippen LogP contribution in [0.4, 0.5) is 0 Å². The van der Waals surface area contributed by atoms with Crippen LogP contribution in [0.1, 0.15) is 29.7 Å². The van der Waals surface area contributed by atoms with Crippen molar-refractivity contribution in [1.29, 1.82) is 0 Å². The second-order valence-corrected chi connectivity index (χ2v) is 7.76. The highest BCUT2D eigenvalue weighted by atomic mass is 16.5. The fourth-order valence-electron chi connectivity index (χ4n) is 4.06. The molecule has 0 saturated heterocycles. The Morgan fingerprint density at radius 1 is 0.941 bits per heavy atom. The Labute approximate surface area is 196 Å². The molecule has 34 heavy (non-hydrogen) atoms. The van der Waals surface area contributed by atoms with Gasteiger partial charge in [0.1, 0.15) is 11.3 Å². The van der Waals surface area contributed by atoms with Crippen molar-refractivity contribution in [3.05, 3.63) is 71.4 Å². The van der Waals surface area contributed by atoms with Crippen LogP contribution in [0.25, 0.3) is 21.7 Å². The monoisotopic (exact) mass is 456 g/mol. The summed E-state index contributed by atoms with van der Waals surface area (Å²) in [4.78, 5) is 9.64. The smallest absolute Gasteiger partial charge is 0.211 e. The van der Waals surface area contributed by atoms with Gasteiger partial charge in [-0.15, -0.1) is 10.2 Å². The molecule has 2 aromatic carbocycles. The Morgan fingerprint density at radius 3 is 2.50 bits per heavy atom. The number of H-pyrrole nitrogens is 1. The van der Waals surface area contributed by atoms with Gasteiger partial charge in [0.2, 0.25) is 5.82 Å². The van der Waals surface area contributed by atoms with E-state index in [0.29, 0.717) is 29.5 Å². The average Bonchev–Trinajstić information content (AvgIpc) is 3.40. The molecule has 0 bridgehead atoms. The molecule has 0 spiro atoms. The van der Waals surface area contributed by atoms with Crippen LogP contribution in [0.2, 0.25) is 0 Å². The van der Waals surface area contributed by atoms with Crippen molar-refractivity contribution >= 4 is 21.7 Å². The van der Waals surface area contributed by atoms with E-state index >= 15 is 0 Å². The Hall–Kier alpha value is -4.27. The van der Waals surface area contributed by atoms with E-state index in [0.717, 1.165) is 45.0 Å². The average molecular weight is 457 g/mol. The molecule has 5 rings (SSSR count). The lowest BCUT2D eigenvalue weighted by Gasteiger charge is -2.14. The maximum absolute atomic E-state index is 5.93. The van der Waals surface area contributed by atoms with Crippen molar-refractivity contribution in [2.75, 3.05) is 14.2 Å². The van der Waals surface area contributed by atoms with E-state index in [-0.39, 0.29) is 6.61 Å². The van der Waals surface area contributed by atoms with Gasteiger partial charge in [0.15, 0.2) is 18.1 Å². The number of pyridine rings is 2. The minimum absolute atomic E-state index is 0.205. The highest BCUT2D eigenvalue weighted by Crippen LogP contribution is 2.35. The number of hydrogen-bond acceptors (Lipinski definition) is 8. The molecule has 0 aliphatic heterocycles. The van der Waals surface area contributed by atoms with Gasteiger partial charge in [-0.1, -0.05) is 30.3 Å². The van der Waals surface area contributed by atoms with Crippen LogP contribution in [0.15, 0.2) is 48.7 Å². The number of methoxy groups -OCH3 is 2. The molecule has 5 aromatic rings. The predicted octanol–water partition coefficient (Wildman–Crippen LogP) is 4.05. The quantitative estimate of drug-likeness (QED) is 0.373. The molecule has 0 amide bonds. The summed E-state index contributed by atoms with van der Waals surface area (Å²) < 4.78 is 17.0. The molecular weight excluding hydrogens is 432 g/mol. The largest absolute Gasteiger partial charge is 0.493 e. The highest BCUT2D eigenvalue weighted by molar-refractivity contribution is 5.91. The number of fused-ring (bicyclic) bond motifs is 2. The van der Waals surface area contributed by atoms with E-state index < -0.39 is 0 Å². The first-order valence-electron chi connectivity index (χ1n) is 11.0. The predicted molar refractivity (Wildman–Crippen MR) is 127 cm³/mol. The Bertz CT molecular complexity index is 1450. The summed E-state index contributed by atoms with van der Waals surface area (Å²) in [5.41, 5.74) is 3.77. The summed E-state index contributed by atoms with van der Waals surface area (Å²) in [6.45, 7) is 2.30. The maximum atomic E-state index is 5.93. The lowest BCUT2D eigenvalue weighted by atomic mass is 9.99. The van der Waals surface area contributed by atoms with Gasteiger partial charge < -0.3 is 14.2 Å². The van der Waals surface area contributed by atoms with E-state index in [2.05, 4.69) is 33.6 Å². The Morgan fingerprint density at radius 2 is 1.76 bits per heavy atom. The van der Waals surface area contributed by atoms with E-state index in [4.69, 9.17) is 24.2 Å². The molecule has 0 radical (unpaired) electrons. The van der Waals surface area contributed by atoms with Gasteiger partial charge in [-0.05, 0) is 41.6 Å². The zero-order valence-corrected chi connectivity index (χ0v) is 19.2. The fraction of sp³-hybridized carbons (Fsp3) is 0.240. The third kappa shape index (κ3) is 4.07. The van der Waals surface area contributed by atoms with Crippen molar-refractivity contribution in [1.82, 2.24) is 30.6 Å². The molecule has 3 heterocycles. The maximum Gasteiger partial charge on any atom is 0.211 e. The molecule has 3 aromatic heterocycles. The number of ether oxygens (including phenoxy) is 3. The summed E-state index contributed by atoms with van der Waals surface area (Å²) in [6, 6.07) is 14.0. The van der Waals surface area contributed by atoms with Crippen LogP contribution in [0.3, 0.4) is 0 Å². The normalized spacial score (nSPS) is 11.1. The molecule has 9 heteroatoms. The minimum atomic E-state index is 0.205. The van der Waals surface area contributed by atoms with Crippen molar-refractivity contribution in [3.8, 4) is 17.2 Å². The first-order chi connectivity index (χ1) is 16.7. The fourth-order valence-corrected chi connectivity index (χ4v) is 4.06. The lowest BCUT2D eigenvalue weighted by Crippen LogP contribution is -2.01. The van der Waals surface area contributed by atoms with Gasteiger partial charge in [-0.2, -0.15) is 5.21 Å². The number of tetrazole rings is 1. The summed E-state index contributed by atoms with van der Waals surface area (Å²) in [6.07, 6.45) is 3.36. The topological polar surface area (TPSA) is 108 Å². The van der Waals surface area contributed by atoms with Crippen molar-refractivity contribution in [2.45, 2.75) is 26.4 Å². The summed E-state index contributed by atoms with van der Waals surface area (Å²) in [5.74, 6) is 2.52. The Balaban J connectivity index is 1.53. The van der Waals surface area contributed by atoms with Crippen LogP contribution >= 0.6 is 0 Å². The van der Waals surface area contributed by atoms with Gasteiger partial charge in [-0.25, -0.2) is 4.98 Å². The second-order valence-electron chi connectivity index (χ2n) is 7.76. The molecule has 0 atom stereocenters. The van der Waals surface area contributed by atoms with Crippen LogP contribution < -0.4 is 14.2 Å². The number of nitrogens with zero attached hydrogens (tertiary/aromatic N) is 5. The number of aromatic nitrogens is 6. The zero-order chi connectivity index (χ0) is 23.5. The second kappa shape index (κ2) is 9.30. The molecule has 1 N–H and O–H groups in total. The van der Waals surface area contributed by atoms with E-state index in [1.165, 1.54) is 0 Å². The van der Waals surface area contributed by atoms with E-state index in [1.54, 1.807) is 14.2 Å². The van der Waals surface area contributed by atoms with Gasteiger partial charge in [0.05, 0.1) is 14.2 Å². The third-order valence-corrected chi connectivity index (χ3v) is 5.75. The summed E-state index contributed by atoms with van der Waals surface area (Å²) in [5, 5.41) is 17.0. The highest BCUT2D eigenvalue weighted by Gasteiger charge is 2.14. The van der Waals surface area contributed by atoms with Gasteiger partial charge in [0, 0.05) is 34.8 Å². The third-order valence-electron chi connectivity index (χ3n) is 5.75. The number of nitrogens with one attached hydrogen (secondary N) is 1. The molecule has 9 nitrogen and oxygen atoms in total. The molecule has 0 saturated carbocycles. The van der Waals surface area contributed by atoms with Gasteiger partial charge in [-0.3, -0.25) is 4.98 Å². The number of rotatable bonds is 8. The van der Waals surface area contributed by atoms with Crippen LogP contribution in [0, 0.1) is 0 Å². The van der Waals surface area contributed by atoms with Crippen LogP contribution in [-0.4, -0.2) is 44.8 Å². The number of aryl methyl sites for hydroxylation is 1. The van der Waals surface area contributed by atoms with Crippen LogP contribution in [0.5, 0.6) is 17.2 Å². The number of para-hydroxylation sites is 1. The Kier molecular flexibility index (Phi) is 5.90. The van der Waals surface area contributed by atoms with Gasteiger partial charge >= 0.3 is 0 Å². The van der Waals surface area contributed by atoms with Crippen LogP contribution in [-0.2, 0) is 19.4 Å². The molecule has 0 aliphatic rings. The summed E-state index contributed by atoms with van der Waals surface area (Å²) in [7, 11) is 3.29. The molecule has 172 valence electrons. The SMILES string of the molecule is CCc1ncc(Cc2ccc3cccc(OCc4nn[nH]n4)c3n2)c2cc(OC)c(OC)cc12. The van der Waals surface area contributed by atoms with Gasteiger partial charge in [0.25, 0.3) is 0 Å². The molecule has 0 aliphatic carbocycles. The number of hydrogen-bond donors (Lipinski definition) is 1. The van der Waals surface area contributed by atoms with Crippen molar-refractivity contribution in [3.63, 3.8) is 0 Å².